The molecule has 3 nitrogen and oxygen atoms in total. The summed E-state index contributed by atoms with van der Waals surface area (Å²) in [6, 6.07) is 3.54. The smallest absolute Gasteiger partial charge is 0.259 e. The Balaban J connectivity index is 2.75. The molecule has 0 saturated carbocycles. The van der Waals surface area contributed by atoms with Crippen LogP contribution in [0.15, 0.2) is 35.5 Å². The first-order chi connectivity index (χ1) is 7.45. The summed E-state index contributed by atoms with van der Waals surface area (Å²) >= 11 is 11.5. The van der Waals surface area contributed by atoms with Crippen LogP contribution >= 0.6 is 23.2 Å². The van der Waals surface area contributed by atoms with Crippen molar-refractivity contribution < 1.29 is 9.21 Å². The number of rotatable bonds is 5. The van der Waals surface area contributed by atoms with Crippen molar-refractivity contribution in [2.24, 2.45) is 0 Å². The van der Waals surface area contributed by atoms with Crippen LogP contribution in [0.4, 0.5) is 0 Å². The number of nitrogens with zero attached hydrogens (tertiary/aromatic N) is 1. The number of furan rings is 1. The first-order valence-electron chi connectivity index (χ1n) is 4.75. The summed E-state index contributed by atoms with van der Waals surface area (Å²) in [5.74, 6) is 0.305. The van der Waals surface area contributed by atoms with Gasteiger partial charge in [-0.25, -0.2) is 0 Å². The van der Waals surface area contributed by atoms with E-state index in [-0.39, 0.29) is 5.91 Å². The second kappa shape index (κ2) is 5.41. The van der Waals surface area contributed by atoms with Crippen molar-refractivity contribution in [1.29, 1.82) is 0 Å². The molecule has 1 heterocycles. The van der Waals surface area contributed by atoms with Gasteiger partial charge in [0.1, 0.15) is 5.76 Å². The largest absolute Gasteiger partial charge is 0.467 e. The molecule has 1 aromatic rings. The first-order valence-corrected chi connectivity index (χ1v) is 5.51. The van der Waals surface area contributed by atoms with Crippen molar-refractivity contribution in [3.8, 4) is 0 Å². The van der Waals surface area contributed by atoms with Crippen molar-refractivity contribution in [3.05, 3.63) is 36.8 Å². The average molecular weight is 262 g/mol. The lowest BCUT2D eigenvalue weighted by Gasteiger charge is -2.24. The molecule has 1 amide bonds. The number of hydrogen-bond acceptors (Lipinski definition) is 2. The molecule has 0 aliphatic rings. The molecule has 1 rings (SSSR count). The van der Waals surface area contributed by atoms with Gasteiger partial charge in [-0.3, -0.25) is 4.79 Å². The number of halogens is 2. The fourth-order valence-electron chi connectivity index (χ4n) is 1.24. The van der Waals surface area contributed by atoms with Crippen LogP contribution in [-0.2, 0) is 11.3 Å². The van der Waals surface area contributed by atoms with Crippen LogP contribution in [0.3, 0.4) is 0 Å². The van der Waals surface area contributed by atoms with E-state index in [1.807, 2.05) is 0 Å². The molecule has 0 unspecified atom stereocenters. The van der Waals surface area contributed by atoms with E-state index in [1.54, 1.807) is 24.5 Å². The summed E-state index contributed by atoms with van der Waals surface area (Å²) in [5.41, 5.74) is 0. The van der Waals surface area contributed by atoms with Crippen molar-refractivity contribution in [1.82, 2.24) is 4.90 Å². The zero-order chi connectivity index (χ0) is 12.2. The van der Waals surface area contributed by atoms with Gasteiger partial charge in [-0.2, -0.15) is 0 Å². The highest BCUT2D eigenvalue weighted by Crippen LogP contribution is 2.23. The molecule has 0 atom stereocenters. The maximum atomic E-state index is 11.9. The first kappa shape index (κ1) is 13.1. The summed E-state index contributed by atoms with van der Waals surface area (Å²) in [4.78, 5) is 13.3. The van der Waals surface area contributed by atoms with E-state index in [2.05, 4.69) is 6.58 Å². The lowest BCUT2D eigenvalue weighted by molar-refractivity contribution is -0.131. The minimum Gasteiger partial charge on any atom is -0.467 e. The van der Waals surface area contributed by atoms with E-state index < -0.39 is 4.33 Å². The molecule has 1 aromatic heterocycles. The Labute approximate surface area is 105 Å². The minimum absolute atomic E-state index is 0.326. The van der Waals surface area contributed by atoms with Gasteiger partial charge in [-0.15, -0.1) is 6.58 Å². The molecular weight excluding hydrogens is 249 g/mol. The molecule has 0 aliphatic carbocycles. The lowest BCUT2D eigenvalue weighted by Crippen LogP contribution is -2.40. The molecule has 0 aromatic carbocycles. The van der Waals surface area contributed by atoms with Crippen LogP contribution in [0.2, 0.25) is 0 Å². The average Bonchev–Trinajstić information content (AvgIpc) is 2.67. The number of hydrogen-bond donors (Lipinski definition) is 0. The Kier molecular flexibility index (Phi) is 4.44. The van der Waals surface area contributed by atoms with Crippen molar-refractivity contribution >= 4 is 29.1 Å². The summed E-state index contributed by atoms with van der Waals surface area (Å²) < 4.78 is 3.72. The van der Waals surface area contributed by atoms with Gasteiger partial charge in [0, 0.05) is 6.54 Å². The van der Waals surface area contributed by atoms with Gasteiger partial charge >= 0.3 is 0 Å². The van der Waals surface area contributed by atoms with Gasteiger partial charge < -0.3 is 9.32 Å². The predicted octanol–water partition coefficient (Wildman–Crippen LogP) is 2.99. The van der Waals surface area contributed by atoms with Crippen LogP contribution in [0.5, 0.6) is 0 Å². The fraction of sp³-hybridized carbons (Fsp3) is 0.364. The molecule has 0 fully saturated rings. The number of alkyl halides is 2. The molecule has 0 bridgehead atoms. The molecule has 0 saturated heterocycles. The highest BCUT2D eigenvalue weighted by molar-refractivity contribution is 6.57. The fourth-order valence-corrected chi connectivity index (χ4v) is 1.48. The van der Waals surface area contributed by atoms with Crippen LogP contribution in [0.1, 0.15) is 12.7 Å². The minimum atomic E-state index is -1.43. The monoisotopic (exact) mass is 261 g/mol. The molecule has 0 aliphatic heterocycles. The Morgan fingerprint density at radius 1 is 1.69 bits per heavy atom. The molecule has 0 N–H and O–H groups in total. The molecule has 16 heavy (non-hydrogen) atoms. The lowest BCUT2D eigenvalue weighted by atomic mass is 10.3. The van der Waals surface area contributed by atoms with E-state index in [0.717, 1.165) is 0 Å². The number of carbonyl (C=O) groups is 1. The van der Waals surface area contributed by atoms with Gasteiger partial charge in [0.2, 0.25) is 0 Å². The third-order valence-electron chi connectivity index (χ3n) is 1.94. The standard InChI is InChI=1S/C11H13Cl2NO2/c1-3-6-14(10(15)11(2,12)13)8-9-5-4-7-16-9/h3-5,7H,1,6,8H2,2H3. The summed E-state index contributed by atoms with van der Waals surface area (Å²) in [6.07, 6.45) is 3.16. The quantitative estimate of drug-likeness (QED) is 0.603. The Hall–Kier alpha value is -0.930. The maximum Gasteiger partial charge on any atom is 0.259 e. The normalized spacial score (nSPS) is 11.2. The van der Waals surface area contributed by atoms with Crippen molar-refractivity contribution in [2.75, 3.05) is 6.54 Å². The third kappa shape index (κ3) is 3.58. The van der Waals surface area contributed by atoms with Gasteiger partial charge in [-0.05, 0) is 19.1 Å². The van der Waals surface area contributed by atoms with E-state index in [4.69, 9.17) is 27.6 Å². The van der Waals surface area contributed by atoms with Crippen LogP contribution in [0, 0.1) is 0 Å². The molecule has 0 radical (unpaired) electrons. The maximum absolute atomic E-state index is 11.9. The van der Waals surface area contributed by atoms with Gasteiger partial charge in [0.05, 0.1) is 12.8 Å². The summed E-state index contributed by atoms with van der Waals surface area (Å²) in [6.45, 7) is 5.72. The van der Waals surface area contributed by atoms with E-state index >= 15 is 0 Å². The van der Waals surface area contributed by atoms with E-state index in [9.17, 15) is 4.79 Å². The van der Waals surface area contributed by atoms with Crippen LogP contribution < -0.4 is 0 Å². The Morgan fingerprint density at radius 3 is 2.81 bits per heavy atom. The summed E-state index contributed by atoms with van der Waals surface area (Å²) in [5, 5.41) is 0. The number of carbonyl (C=O) groups excluding carboxylic acids is 1. The second-order valence-electron chi connectivity index (χ2n) is 3.44. The van der Waals surface area contributed by atoms with Crippen molar-refractivity contribution in [2.45, 2.75) is 17.8 Å². The Morgan fingerprint density at radius 2 is 2.38 bits per heavy atom. The van der Waals surface area contributed by atoms with E-state index in [1.165, 1.54) is 11.8 Å². The van der Waals surface area contributed by atoms with E-state index in [0.29, 0.717) is 18.8 Å². The molecule has 5 heteroatoms. The van der Waals surface area contributed by atoms with Gasteiger partial charge in [0.25, 0.3) is 5.91 Å². The Bertz CT molecular complexity index is 355. The van der Waals surface area contributed by atoms with Crippen LogP contribution in [-0.4, -0.2) is 21.7 Å². The van der Waals surface area contributed by atoms with Crippen molar-refractivity contribution in [3.63, 3.8) is 0 Å². The third-order valence-corrected chi connectivity index (χ3v) is 2.26. The van der Waals surface area contributed by atoms with Gasteiger partial charge in [-0.1, -0.05) is 29.3 Å². The molecular formula is C11H13Cl2NO2. The zero-order valence-electron chi connectivity index (χ0n) is 8.95. The van der Waals surface area contributed by atoms with Crippen LogP contribution in [0.25, 0.3) is 0 Å². The predicted molar refractivity (Wildman–Crippen MR) is 64.4 cm³/mol. The number of amides is 1. The second-order valence-corrected chi connectivity index (χ2v) is 5.15. The van der Waals surface area contributed by atoms with Gasteiger partial charge in [0.15, 0.2) is 4.33 Å². The topological polar surface area (TPSA) is 33.5 Å². The molecule has 88 valence electrons. The highest BCUT2D eigenvalue weighted by Gasteiger charge is 2.32. The SMILES string of the molecule is C=CCN(Cc1ccco1)C(=O)C(C)(Cl)Cl. The highest BCUT2D eigenvalue weighted by atomic mass is 35.5. The summed E-state index contributed by atoms with van der Waals surface area (Å²) in [7, 11) is 0. The molecule has 0 spiro atoms. The zero-order valence-corrected chi connectivity index (χ0v) is 10.5.